The minimum absolute atomic E-state index is 0.863. The molecule has 1 aliphatic heterocycles. The average Bonchev–Trinajstić information content (AvgIpc) is 2.49. The highest BCUT2D eigenvalue weighted by molar-refractivity contribution is 5.09. The molecule has 1 aromatic rings. The van der Waals surface area contributed by atoms with Gasteiger partial charge < -0.3 is 0 Å². The third-order valence-electron chi connectivity index (χ3n) is 4.99. The van der Waals surface area contributed by atoms with E-state index in [-0.39, 0.29) is 0 Å². The van der Waals surface area contributed by atoms with E-state index in [0.29, 0.717) is 0 Å². The van der Waals surface area contributed by atoms with Gasteiger partial charge in [0, 0.05) is 51.2 Å². The van der Waals surface area contributed by atoms with Gasteiger partial charge in [-0.15, -0.1) is 0 Å². The summed E-state index contributed by atoms with van der Waals surface area (Å²) in [5.41, 5.74) is 1.39. The Morgan fingerprint density at radius 2 is 1.85 bits per heavy atom. The highest BCUT2D eigenvalue weighted by Crippen LogP contribution is 2.28. The van der Waals surface area contributed by atoms with Gasteiger partial charge in [0.15, 0.2) is 0 Å². The maximum absolute atomic E-state index is 4.09. The second-order valence-electron chi connectivity index (χ2n) is 6.59. The number of nitrogens with zero attached hydrogens (tertiary/aromatic N) is 3. The van der Waals surface area contributed by atoms with Crippen LogP contribution in [0.1, 0.15) is 38.2 Å². The topological polar surface area (TPSA) is 19.4 Å². The summed E-state index contributed by atoms with van der Waals surface area (Å²) in [6.45, 7) is 8.44. The summed E-state index contributed by atoms with van der Waals surface area (Å²) in [6, 6.07) is 5.13. The summed E-state index contributed by atoms with van der Waals surface area (Å²) < 4.78 is 0. The van der Waals surface area contributed by atoms with Gasteiger partial charge in [0.1, 0.15) is 0 Å². The minimum Gasteiger partial charge on any atom is -0.298 e. The Kier molecular flexibility index (Phi) is 4.69. The van der Waals surface area contributed by atoms with E-state index in [9.17, 15) is 0 Å². The molecular formula is C17H27N3. The average molecular weight is 273 g/mol. The van der Waals surface area contributed by atoms with Crippen molar-refractivity contribution in [2.75, 3.05) is 26.2 Å². The lowest BCUT2D eigenvalue weighted by molar-refractivity contribution is 0.0659. The van der Waals surface area contributed by atoms with Crippen molar-refractivity contribution in [3.8, 4) is 0 Å². The third kappa shape index (κ3) is 3.58. The first-order chi connectivity index (χ1) is 9.81. The molecule has 2 aliphatic rings. The number of rotatable bonds is 3. The van der Waals surface area contributed by atoms with Gasteiger partial charge in [-0.2, -0.15) is 0 Å². The van der Waals surface area contributed by atoms with Crippen LogP contribution in [0.4, 0.5) is 0 Å². The maximum atomic E-state index is 4.09. The summed E-state index contributed by atoms with van der Waals surface area (Å²) in [6.07, 6.45) is 9.52. The van der Waals surface area contributed by atoms with Crippen molar-refractivity contribution in [2.24, 2.45) is 5.92 Å². The minimum atomic E-state index is 0.863. The van der Waals surface area contributed by atoms with E-state index in [2.05, 4.69) is 33.8 Å². The zero-order valence-electron chi connectivity index (χ0n) is 12.7. The molecule has 0 amide bonds. The molecule has 3 heteroatoms. The van der Waals surface area contributed by atoms with E-state index < -0.39 is 0 Å². The molecule has 2 fully saturated rings. The fourth-order valence-electron chi connectivity index (χ4n) is 3.77. The Balaban J connectivity index is 1.47. The van der Waals surface area contributed by atoms with Crippen LogP contribution in [0, 0.1) is 5.92 Å². The van der Waals surface area contributed by atoms with E-state index in [1.54, 1.807) is 0 Å². The summed E-state index contributed by atoms with van der Waals surface area (Å²) >= 11 is 0. The van der Waals surface area contributed by atoms with Crippen molar-refractivity contribution in [3.63, 3.8) is 0 Å². The predicted octanol–water partition coefficient (Wildman–Crippen LogP) is 2.78. The monoisotopic (exact) mass is 273 g/mol. The molecule has 2 heterocycles. The lowest BCUT2D eigenvalue weighted by Crippen LogP contribution is -2.50. The molecular weight excluding hydrogens is 246 g/mol. The van der Waals surface area contributed by atoms with E-state index >= 15 is 0 Å². The molecule has 0 radical (unpaired) electrons. The predicted molar refractivity (Wildman–Crippen MR) is 82.5 cm³/mol. The van der Waals surface area contributed by atoms with E-state index in [4.69, 9.17) is 0 Å². The number of hydrogen-bond acceptors (Lipinski definition) is 3. The number of pyridine rings is 1. The molecule has 1 saturated heterocycles. The lowest BCUT2D eigenvalue weighted by Gasteiger charge is -2.42. The van der Waals surface area contributed by atoms with Crippen LogP contribution in [-0.4, -0.2) is 47.0 Å². The SMILES string of the molecule is C[C@H]1CCC[C@H](N2CCN(Cc3ccncc3)CC2)C1. The second kappa shape index (κ2) is 6.68. The molecule has 1 aromatic heterocycles. The molecule has 1 saturated carbocycles. The van der Waals surface area contributed by atoms with Crippen molar-refractivity contribution < 1.29 is 0 Å². The molecule has 0 unspecified atom stereocenters. The third-order valence-corrected chi connectivity index (χ3v) is 4.99. The summed E-state index contributed by atoms with van der Waals surface area (Å²) in [5, 5.41) is 0. The molecule has 20 heavy (non-hydrogen) atoms. The Hall–Kier alpha value is -0.930. The van der Waals surface area contributed by atoms with Gasteiger partial charge in [-0.1, -0.05) is 19.8 Å². The molecule has 0 spiro atoms. The number of aromatic nitrogens is 1. The Bertz CT molecular complexity index is 398. The molecule has 110 valence electrons. The van der Waals surface area contributed by atoms with Gasteiger partial charge in [0.25, 0.3) is 0 Å². The fraction of sp³-hybridized carbons (Fsp3) is 0.706. The van der Waals surface area contributed by atoms with Crippen molar-refractivity contribution in [2.45, 2.75) is 45.2 Å². The highest BCUT2D eigenvalue weighted by Gasteiger charge is 2.27. The van der Waals surface area contributed by atoms with Crippen LogP contribution in [0.25, 0.3) is 0 Å². The number of hydrogen-bond donors (Lipinski definition) is 0. The van der Waals surface area contributed by atoms with E-state index in [1.807, 2.05) is 12.4 Å². The van der Waals surface area contributed by atoms with Gasteiger partial charge >= 0.3 is 0 Å². The van der Waals surface area contributed by atoms with Crippen molar-refractivity contribution in [1.82, 2.24) is 14.8 Å². The van der Waals surface area contributed by atoms with Crippen molar-refractivity contribution in [3.05, 3.63) is 30.1 Å². The van der Waals surface area contributed by atoms with Crippen molar-refractivity contribution in [1.29, 1.82) is 0 Å². The molecule has 3 rings (SSSR count). The lowest BCUT2D eigenvalue weighted by atomic mass is 9.86. The van der Waals surface area contributed by atoms with Crippen LogP contribution < -0.4 is 0 Å². The first-order valence-electron chi connectivity index (χ1n) is 8.16. The Morgan fingerprint density at radius 1 is 1.10 bits per heavy atom. The molecule has 1 aliphatic carbocycles. The van der Waals surface area contributed by atoms with Gasteiger partial charge in [0.2, 0.25) is 0 Å². The Morgan fingerprint density at radius 3 is 2.55 bits per heavy atom. The van der Waals surface area contributed by atoms with Gasteiger partial charge in [-0.25, -0.2) is 0 Å². The van der Waals surface area contributed by atoms with Gasteiger partial charge in [0.05, 0.1) is 0 Å². The maximum Gasteiger partial charge on any atom is 0.0271 e. The highest BCUT2D eigenvalue weighted by atomic mass is 15.3. The van der Waals surface area contributed by atoms with Crippen molar-refractivity contribution >= 4 is 0 Å². The zero-order chi connectivity index (χ0) is 13.8. The molecule has 0 N–H and O–H groups in total. The van der Waals surface area contributed by atoms with Crippen LogP contribution in [0.15, 0.2) is 24.5 Å². The second-order valence-corrected chi connectivity index (χ2v) is 6.59. The summed E-state index contributed by atoms with van der Waals surface area (Å²) in [7, 11) is 0. The fourth-order valence-corrected chi connectivity index (χ4v) is 3.77. The molecule has 0 aromatic carbocycles. The first-order valence-corrected chi connectivity index (χ1v) is 8.16. The van der Waals surface area contributed by atoms with Crippen LogP contribution in [0.2, 0.25) is 0 Å². The summed E-state index contributed by atoms with van der Waals surface area (Å²) in [5.74, 6) is 0.934. The van der Waals surface area contributed by atoms with Crippen LogP contribution in [0.5, 0.6) is 0 Å². The zero-order valence-corrected chi connectivity index (χ0v) is 12.7. The Labute approximate surface area is 123 Å². The van der Waals surface area contributed by atoms with Crippen LogP contribution in [0.3, 0.4) is 0 Å². The van der Waals surface area contributed by atoms with E-state index in [0.717, 1.165) is 18.5 Å². The summed E-state index contributed by atoms with van der Waals surface area (Å²) in [4.78, 5) is 9.42. The standard InChI is InChI=1S/C17H27N3/c1-15-3-2-4-17(13-15)20-11-9-19(10-12-20)14-16-5-7-18-8-6-16/h5-8,15,17H,2-4,9-14H2,1H3/t15-,17-/m0/s1. The largest absolute Gasteiger partial charge is 0.298 e. The molecule has 0 bridgehead atoms. The smallest absolute Gasteiger partial charge is 0.0271 e. The molecule has 2 atom stereocenters. The first kappa shape index (κ1) is 14.0. The van der Waals surface area contributed by atoms with Gasteiger partial charge in [-0.3, -0.25) is 14.8 Å². The van der Waals surface area contributed by atoms with Gasteiger partial charge in [-0.05, 0) is 36.5 Å². The van der Waals surface area contributed by atoms with E-state index in [1.165, 1.54) is 57.4 Å². The molecule has 3 nitrogen and oxygen atoms in total. The van der Waals surface area contributed by atoms with Crippen LogP contribution in [-0.2, 0) is 6.54 Å². The normalized spacial score (nSPS) is 29.4. The quantitative estimate of drug-likeness (QED) is 0.844. The number of piperazine rings is 1. The van der Waals surface area contributed by atoms with Crippen LogP contribution >= 0.6 is 0 Å².